The van der Waals surface area contributed by atoms with Crippen LogP contribution in [0.25, 0.3) is 0 Å². The summed E-state index contributed by atoms with van der Waals surface area (Å²) in [6.45, 7) is 4.79. The molecule has 0 saturated carbocycles. The van der Waals surface area contributed by atoms with Crippen molar-refractivity contribution < 1.29 is 9.53 Å². The first-order valence-electron chi connectivity index (χ1n) is 4.59. The highest BCUT2D eigenvalue weighted by Crippen LogP contribution is 2.10. The molecule has 1 atom stereocenters. The van der Waals surface area contributed by atoms with Gasteiger partial charge in [0, 0.05) is 19.1 Å². The minimum absolute atomic E-state index is 0.185. The third kappa shape index (κ3) is 3.22. The molecule has 12 heavy (non-hydrogen) atoms. The van der Waals surface area contributed by atoms with Crippen LogP contribution in [0.1, 0.15) is 33.1 Å². The van der Waals surface area contributed by atoms with Crippen LogP contribution in [-0.2, 0) is 9.53 Å². The average Bonchev–Trinajstić information content (AvgIpc) is 2.35. The third-order valence-electron chi connectivity index (χ3n) is 2.00. The molecule has 0 aromatic heterocycles. The molecule has 1 amide bonds. The minimum atomic E-state index is 0.185. The number of hydrogen-bond acceptors (Lipinski definition) is 2. The van der Waals surface area contributed by atoms with Crippen molar-refractivity contribution in [1.29, 1.82) is 0 Å². The van der Waals surface area contributed by atoms with E-state index >= 15 is 0 Å². The Kier molecular flexibility index (Phi) is 3.53. The standard InChI is InChI=1S/C9H17NO2/c1-7(2)12-6-5-8-3-4-9(11)10-8/h7-8H,3-6H2,1-2H3,(H,10,11). The Morgan fingerprint density at radius 3 is 2.92 bits per heavy atom. The summed E-state index contributed by atoms with van der Waals surface area (Å²) >= 11 is 0. The number of rotatable bonds is 4. The van der Waals surface area contributed by atoms with Crippen LogP contribution in [-0.4, -0.2) is 24.7 Å². The smallest absolute Gasteiger partial charge is 0.220 e. The fourth-order valence-corrected chi connectivity index (χ4v) is 1.34. The lowest BCUT2D eigenvalue weighted by atomic mass is 10.2. The van der Waals surface area contributed by atoms with Gasteiger partial charge in [-0.2, -0.15) is 0 Å². The largest absolute Gasteiger partial charge is 0.379 e. The maximum Gasteiger partial charge on any atom is 0.220 e. The van der Waals surface area contributed by atoms with Gasteiger partial charge >= 0.3 is 0 Å². The van der Waals surface area contributed by atoms with Crippen molar-refractivity contribution in [2.45, 2.75) is 45.3 Å². The van der Waals surface area contributed by atoms with E-state index in [1.807, 2.05) is 13.8 Å². The number of carbonyl (C=O) groups is 1. The fourth-order valence-electron chi connectivity index (χ4n) is 1.34. The van der Waals surface area contributed by atoms with Gasteiger partial charge in [0.15, 0.2) is 0 Å². The SMILES string of the molecule is CC(C)OCCC1CCC(=O)N1. The van der Waals surface area contributed by atoms with E-state index in [1.165, 1.54) is 0 Å². The molecule has 0 bridgehead atoms. The lowest BCUT2D eigenvalue weighted by molar-refractivity contribution is -0.119. The number of nitrogens with one attached hydrogen (secondary N) is 1. The van der Waals surface area contributed by atoms with Gasteiger partial charge in [-0.05, 0) is 26.7 Å². The highest BCUT2D eigenvalue weighted by atomic mass is 16.5. The lowest BCUT2D eigenvalue weighted by Crippen LogP contribution is -2.26. The van der Waals surface area contributed by atoms with Crippen molar-refractivity contribution in [1.82, 2.24) is 5.32 Å². The van der Waals surface area contributed by atoms with Gasteiger partial charge in [-0.1, -0.05) is 0 Å². The Morgan fingerprint density at radius 1 is 1.67 bits per heavy atom. The summed E-state index contributed by atoms with van der Waals surface area (Å²) in [7, 11) is 0. The molecule has 0 aliphatic carbocycles. The Bertz CT molecular complexity index is 157. The first-order valence-corrected chi connectivity index (χ1v) is 4.59. The van der Waals surface area contributed by atoms with Crippen LogP contribution < -0.4 is 5.32 Å². The monoisotopic (exact) mass is 171 g/mol. The Hall–Kier alpha value is -0.570. The van der Waals surface area contributed by atoms with E-state index in [2.05, 4.69) is 5.32 Å². The molecule has 3 nitrogen and oxygen atoms in total. The Balaban J connectivity index is 2.04. The summed E-state index contributed by atoms with van der Waals surface area (Å²) in [5.74, 6) is 0.185. The first kappa shape index (κ1) is 9.52. The zero-order chi connectivity index (χ0) is 8.97. The molecule has 0 aromatic carbocycles. The summed E-state index contributed by atoms with van der Waals surface area (Å²) in [5.41, 5.74) is 0. The maximum atomic E-state index is 10.8. The van der Waals surface area contributed by atoms with Gasteiger partial charge in [-0.3, -0.25) is 4.79 Å². The number of amides is 1. The molecular weight excluding hydrogens is 154 g/mol. The third-order valence-corrected chi connectivity index (χ3v) is 2.00. The molecule has 3 heteroatoms. The molecule has 70 valence electrons. The van der Waals surface area contributed by atoms with Gasteiger partial charge in [0.1, 0.15) is 0 Å². The average molecular weight is 171 g/mol. The molecule has 0 spiro atoms. The topological polar surface area (TPSA) is 38.3 Å². The van der Waals surface area contributed by atoms with Gasteiger partial charge in [-0.15, -0.1) is 0 Å². The quantitative estimate of drug-likeness (QED) is 0.687. The molecule has 1 unspecified atom stereocenters. The molecule has 1 N–H and O–H groups in total. The summed E-state index contributed by atoms with van der Waals surface area (Å²) in [4.78, 5) is 10.8. The Morgan fingerprint density at radius 2 is 2.42 bits per heavy atom. The van der Waals surface area contributed by atoms with E-state index in [-0.39, 0.29) is 5.91 Å². The van der Waals surface area contributed by atoms with Crippen LogP contribution in [0.15, 0.2) is 0 Å². The van der Waals surface area contributed by atoms with E-state index < -0.39 is 0 Å². The van der Waals surface area contributed by atoms with Crippen LogP contribution in [0, 0.1) is 0 Å². The van der Waals surface area contributed by atoms with Gasteiger partial charge in [-0.25, -0.2) is 0 Å². The van der Waals surface area contributed by atoms with Crippen LogP contribution in [0.3, 0.4) is 0 Å². The second kappa shape index (κ2) is 4.45. The van der Waals surface area contributed by atoms with Crippen molar-refractivity contribution in [2.24, 2.45) is 0 Å². The second-order valence-corrected chi connectivity index (χ2v) is 3.51. The molecule has 0 radical (unpaired) electrons. The summed E-state index contributed by atoms with van der Waals surface area (Å²) in [5, 5.41) is 2.91. The van der Waals surface area contributed by atoms with Crippen LogP contribution in [0.5, 0.6) is 0 Å². The zero-order valence-electron chi connectivity index (χ0n) is 7.80. The summed E-state index contributed by atoms with van der Waals surface area (Å²) in [6.07, 6.45) is 2.90. The number of ether oxygens (including phenoxy) is 1. The summed E-state index contributed by atoms with van der Waals surface area (Å²) < 4.78 is 5.39. The molecule has 1 rings (SSSR count). The van der Waals surface area contributed by atoms with Gasteiger partial charge in [0.05, 0.1) is 6.10 Å². The Labute approximate surface area is 73.5 Å². The van der Waals surface area contributed by atoms with Crippen molar-refractivity contribution >= 4 is 5.91 Å². The maximum absolute atomic E-state index is 10.8. The predicted octanol–water partition coefficient (Wildman–Crippen LogP) is 1.08. The van der Waals surface area contributed by atoms with Crippen molar-refractivity contribution in [2.75, 3.05) is 6.61 Å². The normalized spacial score (nSPS) is 23.2. The van der Waals surface area contributed by atoms with E-state index in [0.29, 0.717) is 18.6 Å². The van der Waals surface area contributed by atoms with E-state index in [4.69, 9.17) is 4.74 Å². The number of hydrogen-bond donors (Lipinski definition) is 1. The van der Waals surface area contributed by atoms with Gasteiger partial charge in [0.2, 0.25) is 5.91 Å². The molecule has 1 aliphatic heterocycles. The van der Waals surface area contributed by atoms with Gasteiger partial charge in [0.25, 0.3) is 0 Å². The van der Waals surface area contributed by atoms with Crippen molar-refractivity contribution in [3.8, 4) is 0 Å². The lowest BCUT2D eigenvalue weighted by Gasteiger charge is -2.11. The molecule has 1 saturated heterocycles. The molecule has 1 heterocycles. The zero-order valence-corrected chi connectivity index (χ0v) is 7.80. The fraction of sp³-hybridized carbons (Fsp3) is 0.889. The first-order chi connectivity index (χ1) is 5.68. The van der Waals surface area contributed by atoms with E-state index in [9.17, 15) is 4.79 Å². The highest BCUT2D eigenvalue weighted by molar-refractivity contribution is 5.78. The minimum Gasteiger partial charge on any atom is -0.379 e. The molecule has 1 fully saturated rings. The van der Waals surface area contributed by atoms with Crippen LogP contribution >= 0.6 is 0 Å². The molecule has 0 aromatic rings. The van der Waals surface area contributed by atoms with Gasteiger partial charge < -0.3 is 10.1 Å². The predicted molar refractivity (Wildman–Crippen MR) is 46.9 cm³/mol. The van der Waals surface area contributed by atoms with E-state index in [0.717, 1.165) is 19.4 Å². The van der Waals surface area contributed by atoms with Crippen molar-refractivity contribution in [3.63, 3.8) is 0 Å². The highest BCUT2D eigenvalue weighted by Gasteiger charge is 2.19. The van der Waals surface area contributed by atoms with Crippen LogP contribution in [0.4, 0.5) is 0 Å². The van der Waals surface area contributed by atoms with E-state index in [1.54, 1.807) is 0 Å². The molecular formula is C9H17NO2. The van der Waals surface area contributed by atoms with Crippen LogP contribution in [0.2, 0.25) is 0 Å². The van der Waals surface area contributed by atoms with Crippen molar-refractivity contribution in [3.05, 3.63) is 0 Å². The molecule has 1 aliphatic rings. The second-order valence-electron chi connectivity index (χ2n) is 3.51. The number of carbonyl (C=O) groups excluding carboxylic acids is 1. The summed E-state index contributed by atoms with van der Waals surface area (Å²) in [6, 6.07) is 0.358.